The molecular weight excluding hydrogens is 822 g/mol. The number of nitrogens with two attached hydrogens (primary N) is 1. The topological polar surface area (TPSA) is 236 Å². The van der Waals surface area contributed by atoms with Gasteiger partial charge >= 0.3 is 12.1 Å². The van der Waals surface area contributed by atoms with Gasteiger partial charge in [0.1, 0.15) is 18.7 Å². The number of hydrogen-bond donors (Lipinski definition) is 7. The number of nitrogens with one attached hydrogen (secondary N) is 6. The number of halogens is 1. The number of benzene rings is 3. The van der Waals surface area contributed by atoms with Gasteiger partial charge in [0.05, 0.1) is 16.7 Å². The highest BCUT2D eigenvalue weighted by atomic mass is 79.9. The van der Waals surface area contributed by atoms with E-state index in [0.717, 1.165) is 11.3 Å². The molecule has 0 fully saturated rings. The summed E-state index contributed by atoms with van der Waals surface area (Å²) in [7, 11) is 0. The van der Waals surface area contributed by atoms with Crippen molar-refractivity contribution >= 4 is 68.4 Å². The Bertz CT molecular complexity index is 2030. The molecular formula is C42H52BrN9O7. The Hall–Kier alpha value is -6.10. The van der Waals surface area contributed by atoms with Gasteiger partial charge in [-0.2, -0.15) is 0 Å². The van der Waals surface area contributed by atoms with E-state index in [0.29, 0.717) is 72.0 Å². The van der Waals surface area contributed by atoms with Crippen molar-refractivity contribution in [2.24, 2.45) is 11.7 Å². The summed E-state index contributed by atoms with van der Waals surface area (Å²) in [5.74, 6) is -1.86. The highest BCUT2D eigenvalue weighted by Gasteiger charge is 2.29. The largest absolute Gasteiger partial charge is 0.445 e. The van der Waals surface area contributed by atoms with Gasteiger partial charge in [0.15, 0.2) is 0 Å². The predicted octanol–water partition coefficient (Wildman–Crippen LogP) is 4.95. The highest BCUT2D eigenvalue weighted by Crippen LogP contribution is 2.15. The number of rotatable bonds is 22. The number of nitrogens with zero attached hydrogens (tertiary/aromatic N) is 2. The monoisotopic (exact) mass is 873 g/mol. The number of carbonyl (C=O) groups is 6. The second kappa shape index (κ2) is 24.0. The van der Waals surface area contributed by atoms with Crippen LogP contribution >= 0.6 is 15.9 Å². The minimum atomic E-state index is -1.00. The first-order valence-electron chi connectivity index (χ1n) is 19.5. The molecule has 314 valence electrons. The second-order valence-corrected chi connectivity index (χ2v) is 14.7. The molecule has 17 heteroatoms. The maximum absolute atomic E-state index is 13.5. The van der Waals surface area contributed by atoms with E-state index in [9.17, 15) is 28.8 Å². The number of primary amides is 1. The SMILES string of the molecule is CC(C)C(NC(=O)CCCCCNC(=O)c1ccc2ncc(CBr)nc2c1)C(=O)NC(CCCNC(N)=O)C(=O)Nc1ccc(COC(=O)NCc2ccccc2)cc1. The summed E-state index contributed by atoms with van der Waals surface area (Å²) in [6.07, 6.45) is 3.65. The number of urea groups is 1. The van der Waals surface area contributed by atoms with Crippen molar-refractivity contribution in [1.29, 1.82) is 0 Å². The molecule has 0 spiro atoms. The fraction of sp³-hybridized carbons (Fsp3) is 0.381. The number of ether oxygens (including phenoxy) is 1. The Morgan fingerprint density at radius 2 is 1.53 bits per heavy atom. The number of aromatic nitrogens is 2. The molecule has 1 heterocycles. The van der Waals surface area contributed by atoms with Crippen LogP contribution < -0.4 is 37.6 Å². The van der Waals surface area contributed by atoms with E-state index >= 15 is 0 Å². The lowest BCUT2D eigenvalue weighted by Gasteiger charge is -2.25. The van der Waals surface area contributed by atoms with Gasteiger partial charge in [-0.3, -0.25) is 24.2 Å². The molecule has 0 aliphatic carbocycles. The molecule has 7 amide bonds. The van der Waals surface area contributed by atoms with Crippen molar-refractivity contribution in [2.75, 3.05) is 18.4 Å². The third-order valence-electron chi connectivity index (χ3n) is 9.10. The van der Waals surface area contributed by atoms with Gasteiger partial charge in [0.25, 0.3) is 5.91 Å². The molecule has 0 bridgehead atoms. The number of fused-ring (bicyclic) bond motifs is 1. The smallest absolute Gasteiger partial charge is 0.407 e. The van der Waals surface area contributed by atoms with Crippen LogP contribution in [0, 0.1) is 5.92 Å². The summed E-state index contributed by atoms with van der Waals surface area (Å²) in [6, 6.07) is 18.7. The summed E-state index contributed by atoms with van der Waals surface area (Å²) in [5, 5.41) is 17.0. The standard InChI is InChI=1S/C42H52BrN9O7/c1-27(2)37(52-36(53)13-7-4-8-20-45-38(54)30-16-19-33-35(22-30)49-32(23-43)25-47-33)40(56)51-34(12-9-21-46-41(44)57)39(55)50-31-17-14-29(15-18-31)26-59-42(58)48-24-28-10-5-3-6-11-28/h3,5-6,10-11,14-19,22,25,27,34,37H,4,7-9,12-13,20-21,23-24,26H2,1-2H3,(H,45,54)(H,48,58)(H,50,55)(H,51,56)(H,52,53)(H3,44,46,57). The number of anilines is 1. The molecule has 0 aliphatic rings. The number of alkyl carbamates (subject to hydrolysis) is 1. The Kier molecular flexibility index (Phi) is 18.5. The lowest BCUT2D eigenvalue weighted by atomic mass is 10.0. The van der Waals surface area contributed by atoms with E-state index in [1.54, 1.807) is 62.5 Å². The molecule has 59 heavy (non-hydrogen) atoms. The minimum absolute atomic E-state index is 0.0170. The molecule has 2 atom stereocenters. The molecule has 0 aliphatic heterocycles. The second-order valence-electron chi connectivity index (χ2n) is 14.2. The lowest BCUT2D eigenvalue weighted by molar-refractivity contribution is -0.132. The fourth-order valence-corrected chi connectivity index (χ4v) is 6.13. The van der Waals surface area contributed by atoms with Crippen molar-refractivity contribution < 1.29 is 33.5 Å². The predicted molar refractivity (Wildman–Crippen MR) is 227 cm³/mol. The molecule has 3 aromatic carbocycles. The average molecular weight is 875 g/mol. The zero-order chi connectivity index (χ0) is 42.6. The van der Waals surface area contributed by atoms with Gasteiger partial charge in [-0.25, -0.2) is 14.6 Å². The zero-order valence-corrected chi connectivity index (χ0v) is 34.8. The van der Waals surface area contributed by atoms with Crippen LogP contribution in [-0.2, 0) is 37.6 Å². The molecule has 0 saturated carbocycles. The van der Waals surface area contributed by atoms with Crippen molar-refractivity contribution in [3.63, 3.8) is 0 Å². The normalized spacial score (nSPS) is 11.9. The Balaban J connectivity index is 1.22. The number of unbranched alkanes of at least 4 members (excludes halogenated alkanes) is 2. The number of amides is 7. The van der Waals surface area contributed by atoms with Crippen molar-refractivity contribution in [3.8, 4) is 0 Å². The van der Waals surface area contributed by atoms with Gasteiger partial charge < -0.3 is 42.4 Å². The summed E-state index contributed by atoms with van der Waals surface area (Å²) < 4.78 is 5.30. The van der Waals surface area contributed by atoms with E-state index in [1.807, 2.05) is 30.3 Å². The van der Waals surface area contributed by atoms with Crippen molar-refractivity contribution in [3.05, 3.63) is 101 Å². The molecule has 0 saturated heterocycles. The van der Waals surface area contributed by atoms with Crippen LogP contribution in [0.1, 0.15) is 79.6 Å². The van der Waals surface area contributed by atoms with E-state index in [1.165, 1.54) is 0 Å². The van der Waals surface area contributed by atoms with Crippen LogP contribution in [0.25, 0.3) is 11.0 Å². The minimum Gasteiger partial charge on any atom is -0.445 e. The van der Waals surface area contributed by atoms with E-state index in [-0.39, 0.29) is 43.7 Å². The van der Waals surface area contributed by atoms with Crippen LogP contribution in [0.2, 0.25) is 0 Å². The maximum atomic E-state index is 13.5. The molecule has 8 N–H and O–H groups in total. The zero-order valence-electron chi connectivity index (χ0n) is 33.2. The van der Waals surface area contributed by atoms with E-state index in [4.69, 9.17) is 10.5 Å². The molecule has 0 radical (unpaired) electrons. The van der Waals surface area contributed by atoms with Crippen molar-refractivity contribution in [2.45, 2.75) is 82.9 Å². The summed E-state index contributed by atoms with van der Waals surface area (Å²) >= 11 is 3.37. The van der Waals surface area contributed by atoms with Crippen LogP contribution in [-0.4, -0.2) is 70.9 Å². The third-order valence-corrected chi connectivity index (χ3v) is 9.67. The molecule has 16 nitrogen and oxygen atoms in total. The van der Waals surface area contributed by atoms with Gasteiger partial charge in [0.2, 0.25) is 17.7 Å². The maximum Gasteiger partial charge on any atom is 0.407 e. The van der Waals surface area contributed by atoms with Gasteiger partial charge in [-0.05, 0) is 73.1 Å². The van der Waals surface area contributed by atoms with Crippen LogP contribution in [0.3, 0.4) is 0 Å². The number of carbonyl (C=O) groups excluding carboxylic acids is 6. The van der Waals surface area contributed by atoms with Crippen LogP contribution in [0.15, 0.2) is 79.0 Å². The third kappa shape index (κ3) is 16.0. The fourth-order valence-electron chi connectivity index (χ4n) is 5.86. The number of hydrogen-bond acceptors (Lipinski definition) is 9. The van der Waals surface area contributed by atoms with Gasteiger partial charge in [-0.15, -0.1) is 0 Å². The summed E-state index contributed by atoms with van der Waals surface area (Å²) in [6.45, 7) is 4.55. The summed E-state index contributed by atoms with van der Waals surface area (Å²) in [5.41, 5.74) is 9.85. The van der Waals surface area contributed by atoms with Crippen LogP contribution in [0.5, 0.6) is 0 Å². The Morgan fingerprint density at radius 1 is 0.780 bits per heavy atom. The molecule has 2 unspecified atom stereocenters. The Morgan fingerprint density at radius 3 is 2.24 bits per heavy atom. The molecule has 4 aromatic rings. The van der Waals surface area contributed by atoms with Crippen LogP contribution in [0.4, 0.5) is 15.3 Å². The first kappa shape index (κ1) is 45.6. The lowest BCUT2D eigenvalue weighted by Crippen LogP contribution is -2.54. The first-order valence-corrected chi connectivity index (χ1v) is 20.6. The highest BCUT2D eigenvalue weighted by molar-refractivity contribution is 9.08. The summed E-state index contributed by atoms with van der Waals surface area (Å²) in [4.78, 5) is 84.8. The quantitative estimate of drug-likeness (QED) is 0.0417. The first-order chi connectivity index (χ1) is 28.4. The Labute approximate surface area is 351 Å². The molecule has 1 aromatic heterocycles. The average Bonchev–Trinajstić information content (AvgIpc) is 3.23. The molecule has 4 rings (SSSR count). The van der Waals surface area contributed by atoms with E-state index in [2.05, 4.69) is 57.8 Å². The van der Waals surface area contributed by atoms with E-state index < -0.39 is 36.0 Å². The van der Waals surface area contributed by atoms with Gasteiger partial charge in [-0.1, -0.05) is 78.7 Å². The van der Waals surface area contributed by atoms with Gasteiger partial charge in [0, 0.05) is 48.8 Å². The van der Waals surface area contributed by atoms with Crippen molar-refractivity contribution in [1.82, 2.24) is 36.6 Å². The number of alkyl halides is 1.